The minimum absolute atomic E-state index is 0.233. The fourth-order valence-electron chi connectivity index (χ4n) is 2.47. The Labute approximate surface area is 157 Å². The van der Waals surface area contributed by atoms with Crippen molar-refractivity contribution in [3.63, 3.8) is 0 Å². The number of ether oxygens (including phenoxy) is 1. The summed E-state index contributed by atoms with van der Waals surface area (Å²) in [5.74, 6) is 0.0498. The lowest BCUT2D eigenvalue weighted by Crippen LogP contribution is -2.09. The molecule has 0 bridgehead atoms. The molecule has 1 amide bonds. The Morgan fingerprint density at radius 1 is 1.24 bits per heavy atom. The third kappa shape index (κ3) is 3.37. The van der Waals surface area contributed by atoms with Gasteiger partial charge in [-0.05, 0) is 35.6 Å². The van der Waals surface area contributed by atoms with E-state index in [1.807, 2.05) is 31.2 Å². The highest BCUT2D eigenvalue weighted by Gasteiger charge is 2.25. The molecule has 2 aromatic heterocycles. The number of hydrogen-bond donors (Lipinski definition) is 1. The number of benzene rings is 1. The summed E-state index contributed by atoms with van der Waals surface area (Å²) in [5, 5.41) is 3.19. The smallest absolute Gasteiger partial charge is 0.342 e. The first-order valence-corrected chi connectivity index (χ1v) is 8.54. The molecule has 7 heteroatoms. The zero-order valence-electron chi connectivity index (χ0n) is 13.8. The maximum Gasteiger partial charge on any atom is 0.342 e. The summed E-state index contributed by atoms with van der Waals surface area (Å²) in [4.78, 5) is 28.0. The average molecular weight is 450 g/mol. The normalized spacial score (nSPS) is 10.7. The number of methoxy groups -OCH3 is 1. The second-order valence-electron chi connectivity index (χ2n) is 5.52. The van der Waals surface area contributed by atoms with Crippen LogP contribution < -0.4 is 5.32 Å². The van der Waals surface area contributed by atoms with Crippen LogP contribution in [0.25, 0.3) is 22.4 Å². The topological polar surface area (TPSA) is 81.4 Å². The summed E-state index contributed by atoms with van der Waals surface area (Å²) in [7, 11) is 1.32. The van der Waals surface area contributed by atoms with E-state index < -0.39 is 5.97 Å². The van der Waals surface area contributed by atoms with Crippen LogP contribution >= 0.6 is 22.6 Å². The number of hydrogen-bond acceptors (Lipinski definition) is 5. The van der Waals surface area contributed by atoms with E-state index in [4.69, 9.17) is 9.15 Å². The number of nitrogens with one attached hydrogen (secondary N) is 1. The standard InChI is InChI=1S/C18H15IN2O4/c1-9-4-6-11(7-5-9)15-14(18(23)24-3)12-8-13(19)16(20-10(2)22)21-17(12)25-15/h4-8H,1-3H3,(H,20,21,22). The minimum Gasteiger partial charge on any atom is -0.465 e. The first-order valence-electron chi connectivity index (χ1n) is 7.46. The van der Waals surface area contributed by atoms with Gasteiger partial charge < -0.3 is 14.5 Å². The number of amides is 1. The SMILES string of the molecule is COC(=O)c1c(-c2ccc(C)cc2)oc2nc(NC(C)=O)c(I)cc12. The molecule has 0 radical (unpaired) electrons. The summed E-state index contributed by atoms with van der Waals surface area (Å²) in [5.41, 5.74) is 2.43. The molecular weight excluding hydrogens is 435 g/mol. The van der Waals surface area contributed by atoms with Crippen LogP contribution in [0.4, 0.5) is 5.82 Å². The van der Waals surface area contributed by atoms with Crippen LogP contribution in [0.3, 0.4) is 0 Å². The second kappa shape index (κ2) is 6.83. The Morgan fingerprint density at radius 2 is 1.92 bits per heavy atom. The molecule has 25 heavy (non-hydrogen) atoms. The van der Waals surface area contributed by atoms with E-state index in [9.17, 15) is 9.59 Å². The maximum absolute atomic E-state index is 12.3. The maximum atomic E-state index is 12.3. The zero-order valence-corrected chi connectivity index (χ0v) is 16.0. The van der Waals surface area contributed by atoms with Gasteiger partial charge in [-0.15, -0.1) is 0 Å². The number of halogens is 1. The van der Waals surface area contributed by atoms with E-state index in [2.05, 4.69) is 32.9 Å². The van der Waals surface area contributed by atoms with Crippen molar-refractivity contribution in [2.24, 2.45) is 0 Å². The highest BCUT2D eigenvalue weighted by Crippen LogP contribution is 2.35. The predicted molar refractivity (Wildman–Crippen MR) is 103 cm³/mol. The highest BCUT2D eigenvalue weighted by atomic mass is 127. The van der Waals surface area contributed by atoms with Gasteiger partial charge in [0.1, 0.15) is 11.4 Å². The van der Waals surface area contributed by atoms with Crippen LogP contribution in [0.15, 0.2) is 34.7 Å². The number of rotatable bonds is 3. The molecule has 0 fully saturated rings. The molecule has 3 aromatic rings. The Kier molecular flexibility index (Phi) is 4.76. The predicted octanol–water partition coefficient (Wildman–Crippen LogP) is 4.15. The molecule has 0 unspecified atom stereocenters. The van der Waals surface area contributed by atoms with E-state index in [0.29, 0.717) is 26.1 Å². The van der Waals surface area contributed by atoms with Crippen LogP contribution in [0.1, 0.15) is 22.8 Å². The molecule has 0 aliphatic rings. The fraction of sp³-hybridized carbons (Fsp3) is 0.167. The average Bonchev–Trinajstić information content (AvgIpc) is 2.93. The van der Waals surface area contributed by atoms with E-state index >= 15 is 0 Å². The van der Waals surface area contributed by atoms with Gasteiger partial charge in [-0.1, -0.05) is 29.8 Å². The van der Waals surface area contributed by atoms with Gasteiger partial charge in [-0.3, -0.25) is 4.79 Å². The summed E-state index contributed by atoms with van der Waals surface area (Å²) < 4.78 is 11.5. The monoisotopic (exact) mass is 450 g/mol. The third-order valence-corrected chi connectivity index (χ3v) is 4.46. The van der Waals surface area contributed by atoms with Gasteiger partial charge in [0.15, 0.2) is 5.76 Å². The number of aryl methyl sites for hydroxylation is 1. The van der Waals surface area contributed by atoms with E-state index in [1.54, 1.807) is 6.07 Å². The Balaban J connectivity index is 2.26. The molecule has 0 spiro atoms. The number of nitrogens with zero attached hydrogens (tertiary/aromatic N) is 1. The number of aromatic nitrogens is 1. The van der Waals surface area contributed by atoms with Crippen LogP contribution in [0.5, 0.6) is 0 Å². The summed E-state index contributed by atoms with van der Waals surface area (Å²) in [6, 6.07) is 9.37. The quantitative estimate of drug-likeness (QED) is 0.479. The Morgan fingerprint density at radius 3 is 2.52 bits per heavy atom. The fourth-order valence-corrected chi connectivity index (χ4v) is 3.03. The van der Waals surface area contributed by atoms with Crippen molar-refractivity contribution in [3.05, 3.63) is 45.0 Å². The molecule has 0 aliphatic carbocycles. The van der Waals surface area contributed by atoms with Crippen molar-refractivity contribution >= 4 is 51.4 Å². The van der Waals surface area contributed by atoms with Gasteiger partial charge in [0.25, 0.3) is 0 Å². The van der Waals surface area contributed by atoms with Crippen LogP contribution in [-0.2, 0) is 9.53 Å². The van der Waals surface area contributed by atoms with Gasteiger partial charge in [0, 0.05) is 12.5 Å². The third-order valence-electron chi connectivity index (χ3n) is 3.63. The lowest BCUT2D eigenvalue weighted by atomic mass is 10.1. The molecule has 3 rings (SSSR count). The molecule has 0 saturated carbocycles. The van der Waals surface area contributed by atoms with Gasteiger partial charge in [0.05, 0.1) is 16.1 Å². The van der Waals surface area contributed by atoms with Crippen molar-refractivity contribution < 1.29 is 18.7 Å². The van der Waals surface area contributed by atoms with E-state index in [0.717, 1.165) is 11.1 Å². The molecule has 6 nitrogen and oxygen atoms in total. The molecule has 1 aromatic carbocycles. The van der Waals surface area contributed by atoms with Crippen LogP contribution in [0, 0.1) is 10.5 Å². The first kappa shape index (κ1) is 17.4. The van der Waals surface area contributed by atoms with Crippen molar-refractivity contribution in [2.45, 2.75) is 13.8 Å². The van der Waals surface area contributed by atoms with Crippen LogP contribution in [-0.4, -0.2) is 24.0 Å². The molecule has 0 aliphatic heterocycles. The number of carbonyl (C=O) groups is 2. The van der Waals surface area contributed by atoms with Gasteiger partial charge in [0.2, 0.25) is 11.6 Å². The summed E-state index contributed by atoms with van der Waals surface area (Å²) in [6.45, 7) is 3.38. The van der Waals surface area contributed by atoms with Crippen molar-refractivity contribution in [1.29, 1.82) is 0 Å². The van der Waals surface area contributed by atoms with Gasteiger partial charge in [-0.25, -0.2) is 4.79 Å². The largest absolute Gasteiger partial charge is 0.465 e. The zero-order chi connectivity index (χ0) is 18.1. The highest BCUT2D eigenvalue weighted by molar-refractivity contribution is 14.1. The number of carbonyl (C=O) groups excluding carboxylic acids is 2. The van der Waals surface area contributed by atoms with E-state index in [-0.39, 0.29) is 11.6 Å². The second-order valence-corrected chi connectivity index (χ2v) is 6.68. The molecule has 0 saturated heterocycles. The number of fused-ring (bicyclic) bond motifs is 1. The lowest BCUT2D eigenvalue weighted by molar-refractivity contribution is -0.114. The van der Waals surface area contributed by atoms with Gasteiger partial charge >= 0.3 is 5.97 Å². The Bertz CT molecular complexity index is 977. The summed E-state index contributed by atoms with van der Waals surface area (Å²) in [6.07, 6.45) is 0. The van der Waals surface area contributed by atoms with Crippen molar-refractivity contribution in [2.75, 3.05) is 12.4 Å². The molecule has 0 atom stereocenters. The van der Waals surface area contributed by atoms with Crippen molar-refractivity contribution in [3.8, 4) is 11.3 Å². The first-order chi connectivity index (χ1) is 11.9. The lowest BCUT2D eigenvalue weighted by Gasteiger charge is -2.04. The van der Waals surface area contributed by atoms with Crippen LogP contribution in [0.2, 0.25) is 0 Å². The molecular formula is C18H15IN2O4. The Hall–Kier alpha value is -2.42. The number of anilines is 1. The number of esters is 1. The van der Waals surface area contributed by atoms with Gasteiger partial charge in [-0.2, -0.15) is 4.98 Å². The minimum atomic E-state index is -0.501. The van der Waals surface area contributed by atoms with E-state index in [1.165, 1.54) is 14.0 Å². The molecule has 2 heterocycles. The molecule has 1 N–H and O–H groups in total. The number of furan rings is 1. The summed E-state index contributed by atoms with van der Waals surface area (Å²) >= 11 is 2.05. The number of pyridine rings is 1. The molecule has 128 valence electrons. The van der Waals surface area contributed by atoms with Crippen molar-refractivity contribution in [1.82, 2.24) is 4.98 Å².